The lowest BCUT2D eigenvalue weighted by Gasteiger charge is -2.32. The zero-order valence-corrected chi connectivity index (χ0v) is 10.5. The normalized spacial score (nSPS) is 30.6. The third kappa shape index (κ3) is 4.81. The van der Waals surface area contributed by atoms with Crippen molar-refractivity contribution in [3.8, 4) is 0 Å². The van der Waals surface area contributed by atoms with Crippen LogP contribution in [-0.4, -0.2) is 35.5 Å². The molecule has 3 atom stereocenters. The zero-order valence-electron chi connectivity index (χ0n) is 10.5. The fraction of sp³-hybridized carbons (Fsp3) is 1.00. The Bertz CT molecular complexity index is 175. The second kappa shape index (κ2) is 8.04. The molecule has 0 radical (unpaired) electrons. The van der Waals surface area contributed by atoms with Crippen molar-refractivity contribution in [2.75, 3.05) is 13.1 Å². The van der Waals surface area contributed by atoms with Gasteiger partial charge in [-0.05, 0) is 12.3 Å². The number of piperidine rings is 1. The second-order valence-corrected chi connectivity index (χ2v) is 5.03. The van der Waals surface area contributed by atoms with Crippen molar-refractivity contribution < 1.29 is 10.2 Å². The SMILES string of the molecule is CCCCCCCC[C@H]1CNC[C@@H](O)[C@H]1O. The molecular weight excluding hydrogens is 202 g/mol. The van der Waals surface area contributed by atoms with Gasteiger partial charge >= 0.3 is 0 Å². The summed E-state index contributed by atoms with van der Waals surface area (Å²) < 4.78 is 0. The van der Waals surface area contributed by atoms with Gasteiger partial charge in [0, 0.05) is 13.1 Å². The van der Waals surface area contributed by atoms with E-state index >= 15 is 0 Å². The van der Waals surface area contributed by atoms with E-state index in [0.717, 1.165) is 13.0 Å². The zero-order chi connectivity index (χ0) is 11.8. The van der Waals surface area contributed by atoms with Crippen LogP contribution >= 0.6 is 0 Å². The van der Waals surface area contributed by atoms with Gasteiger partial charge in [0.15, 0.2) is 0 Å². The fourth-order valence-electron chi connectivity index (χ4n) is 2.43. The van der Waals surface area contributed by atoms with Crippen LogP contribution in [0.5, 0.6) is 0 Å². The lowest BCUT2D eigenvalue weighted by molar-refractivity contribution is -0.0375. The molecule has 96 valence electrons. The molecule has 3 heteroatoms. The summed E-state index contributed by atoms with van der Waals surface area (Å²) >= 11 is 0. The molecule has 0 spiro atoms. The molecule has 0 aromatic heterocycles. The van der Waals surface area contributed by atoms with Crippen molar-refractivity contribution in [3.05, 3.63) is 0 Å². The Balaban J connectivity index is 2.03. The van der Waals surface area contributed by atoms with Crippen LogP contribution in [0.2, 0.25) is 0 Å². The number of unbranched alkanes of at least 4 members (excludes halogenated alkanes) is 5. The van der Waals surface area contributed by atoms with E-state index in [0.29, 0.717) is 6.54 Å². The molecule has 0 saturated carbocycles. The first-order chi connectivity index (χ1) is 7.75. The molecule has 1 saturated heterocycles. The maximum absolute atomic E-state index is 9.79. The van der Waals surface area contributed by atoms with Gasteiger partial charge in [-0.1, -0.05) is 45.4 Å². The summed E-state index contributed by atoms with van der Waals surface area (Å²) in [5.41, 5.74) is 0. The number of aliphatic hydroxyl groups is 2. The molecule has 1 rings (SSSR count). The van der Waals surface area contributed by atoms with Crippen LogP contribution in [0.3, 0.4) is 0 Å². The number of aliphatic hydroxyl groups excluding tert-OH is 2. The molecule has 0 aliphatic carbocycles. The van der Waals surface area contributed by atoms with E-state index in [1.54, 1.807) is 0 Å². The first-order valence-electron chi connectivity index (χ1n) is 6.82. The van der Waals surface area contributed by atoms with Crippen LogP contribution in [0.25, 0.3) is 0 Å². The number of β-amino-alcohol motifs (C(OH)–C–C–N with tert-alkyl or cyclic N) is 1. The lowest BCUT2D eigenvalue weighted by atomic mass is 9.89. The monoisotopic (exact) mass is 229 g/mol. The number of rotatable bonds is 7. The van der Waals surface area contributed by atoms with Gasteiger partial charge in [0.05, 0.1) is 12.2 Å². The van der Waals surface area contributed by atoms with E-state index in [1.165, 1.54) is 38.5 Å². The minimum Gasteiger partial charge on any atom is -0.390 e. The Hall–Kier alpha value is -0.120. The number of hydrogen-bond donors (Lipinski definition) is 3. The Morgan fingerprint density at radius 3 is 2.44 bits per heavy atom. The van der Waals surface area contributed by atoms with Crippen molar-refractivity contribution in [2.24, 2.45) is 5.92 Å². The van der Waals surface area contributed by atoms with E-state index in [9.17, 15) is 10.2 Å². The van der Waals surface area contributed by atoms with Crippen LogP contribution in [0, 0.1) is 5.92 Å². The number of hydrogen-bond acceptors (Lipinski definition) is 3. The Kier molecular flexibility index (Phi) is 7.01. The molecule has 0 aromatic rings. The van der Waals surface area contributed by atoms with Gasteiger partial charge in [-0.2, -0.15) is 0 Å². The molecule has 1 aliphatic rings. The first kappa shape index (κ1) is 13.9. The molecule has 3 N–H and O–H groups in total. The summed E-state index contributed by atoms with van der Waals surface area (Å²) in [6.07, 6.45) is 7.67. The minimum absolute atomic E-state index is 0.245. The van der Waals surface area contributed by atoms with Crippen LogP contribution in [0.1, 0.15) is 51.9 Å². The summed E-state index contributed by atoms with van der Waals surface area (Å²) in [7, 11) is 0. The average Bonchev–Trinajstić information content (AvgIpc) is 2.29. The van der Waals surface area contributed by atoms with Gasteiger partial charge in [0.25, 0.3) is 0 Å². The van der Waals surface area contributed by atoms with Crippen molar-refractivity contribution in [3.63, 3.8) is 0 Å². The highest BCUT2D eigenvalue weighted by Crippen LogP contribution is 2.19. The first-order valence-corrected chi connectivity index (χ1v) is 6.82. The molecule has 0 amide bonds. The predicted octanol–water partition coefficient (Wildman–Crippen LogP) is 1.68. The smallest absolute Gasteiger partial charge is 0.0926 e. The predicted molar refractivity (Wildman–Crippen MR) is 66.4 cm³/mol. The van der Waals surface area contributed by atoms with E-state index in [-0.39, 0.29) is 5.92 Å². The molecule has 0 aromatic carbocycles. The fourth-order valence-corrected chi connectivity index (χ4v) is 2.43. The van der Waals surface area contributed by atoms with Crippen molar-refractivity contribution in [2.45, 2.75) is 64.1 Å². The Morgan fingerprint density at radius 1 is 1.00 bits per heavy atom. The maximum Gasteiger partial charge on any atom is 0.0926 e. The van der Waals surface area contributed by atoms with Crippen LogP contribution < -0.4 is 5.32 Å². The minimum atomic E-state index is -0.571. The Morgan fingerprint density at radius 2 is 1.69 bits per heavy atom. The highest BCUT2D eigenvalue weighted by Gasteiger charge is 2.29. The third-order valence-corrected chi connectivity index (χ3v) is 3.57. The Labute approximate surface area is 99.3 Å². The summed E-state index contributed by atoms with van der Waals surface area (Å²) in [6.45, 7) is 3.62. The third-order valence-electron chi connectivity index (χ3n) is 3.57. The van der Waals surface area contributed by atoms with Gasteiger partial charge in [0.1, 0.15) is 0 Å². The maximum atomic E-state index is 9.79. The van der Waals surface area contributed by atoms with Gasteiger partial charge in [0.2, 0.25) is 0 Å². The molecule has 3 nitrogen and oxygen atoms in total. The van der Waals surface area contributed by atoms with Crippen LogP contribution in [0.15, 0.2) is 0 Å². The molecule has 1 aliphatic heterocycles. The summed E-state index contributed by atoms with van der Waals surface area (Å²) in [5, 5.41) is 22.5. The topological polar surface area (TPSA) is 52.5 Å². The quantitative estimate of drug-likeness (QED) is 0.582. The lowest BCUT2D eigenvalue weighted by Crippen LogP contribution is -2.50. The molecule has 1 fully saturated rings. The van der Waals surface area contributed by atoms with Gasteiger partial charge in [-0.25, -0.2) is 0 Å². The van der Waals surface area contributed by atoms with E-state index in [1.807, 2.05) is 0 Å². The van der Waals surface area contributed by atoms with E-state index in [4.69, 9.17) is 0 Å². The summed E-state index contributed by atoms with van der Waals surface area (Å²) in [6, 6.07) is 0. The number of nitrogens with one attached hydrogen (secondary N) is 1. The van der Waals surface area contributed by atoms with Crippen molar-refractivity contribution in [1.82, 2.24) is 5.32 Å². The van der Waals surface area contributed by atoms with E-state index in [2.05, 4.69) is 12.2 Å². The van der Waals surface area contributed by atoms with Gasteiger partial charge in [-0.15, -0.1) is 0 Å². The largest absolute Gasteiger partial charge is 0.390 e. The van der Waals surface area contributed by atoms with E-state index < -0.39 is 12.2 Å². The summed E-state index contributed by atoms with van der Waals surface area (Å²) in [4.78, 5) is 0. The standard InChI is InChI=1S/C13H27NO2/c1-2-3-4-5-6-7-8-11-9-14-10-12(15)13(11)16/h11-16H,2-10H2,1H3/t11-,12+,13-/m0/s1. The average molecular weight is 229 g/mol. The highest BCUT2D eigenvalue weighted by atomic mass is 16.3. The van der Waals surface area contributed by atoms with Crippen molar-refractivity contribution in [1.29, 1.82) is 0 Å². The summed E-state index contributed by atoms with van der Waals surface area (Å²) in [5.74, 6) is 0.245. The molecule has 16 heavy (non-hydrogen) atoms. The molecule has 0 unspecified atom stereocenters. The van der Waals surface area contributed by atoms with Gasteiger partial charge in [-0.3, -0.25) is 0 Å². The highest BCUT2D eigenvalue weighted by molar-refractivity contribution is 4.84. The van der Waals surface area contributed by atoms with Crippen LogP contribution in [0.4, 0.5) is 0 Å². The molecule has 0 bridgehead atoms. The van der Waals surface area contributed by atoms with Crippen LogP contribution in [-0.2, 0) is 0 Å². The van der Waals surface area contributed by atoms with Crippen molar-refractivity contribution >= 4 is 0 Å². The molecule has 1 heterocycles. The molecular formula is C13H27NO2. The van der Waals surface area contributed by atoms with Gasteiger partial charge < -0.3 is 15.5 Å². The second-order valence-electron chi connectivity index (χ2n) is 5.03.